The molecule has 3 aliphatic heterocycles. The van der Waals surface area contributed by atoms with E-state index >= 15 is 0 Å². The summed E-state index contributed by atoms with van der Waals surface area (Å²) in [6.07, 6.45) is 5.56. The van der Waals surface area contributed by atoms with Crippen molar-refractivity contribution < 1.29 is 9.18 Å². The highest BCUT2D eigenvalue weighted by atomic mass is 35.5. The fourth-order valence-corrected chi connectivity index (χ4v) is 4.44. The molecule has 0 aliphatic carbocycles. The van der Waals surface area contributed by atoms with E-state index in [2.05, 4.69) is 10.2 Å². The summed E-state index contributed by atoms with van der Waals surface area (Å²) in [4.78, 5) is 16.7. The van der Waals surface area contributed by atoms with E-state index in [1.165, 1.54) is 12.5 Å². The smallest absolute Gasteiger partial charge is 0.253 e. The summed E-state index contributed by atoms with van der Waals surface area (Å²) in [5, 5.41) is 3.44. The van der Waals surface area contributed by atoms with Crippen LogP contribution in [0.15, 0.2) is 18.2 Å². The molecule has 4 rings (SSSR count). The minimum Gasteiger partial charge on any atom is -0.369 e. The molecule has 1 amide bonds. The maximum atomic E-state index is 14.4. The van der Waals surface area contributed by atoms with Crippen molar-refractivity contribution in [3.8, 4) is 0 Å². The Bertz CT molecular complexity index is 621. The highest BCUT2D eigenvalue weighted by Gasteiger charge is 2.38. The summed E-state index contributed by atoms with van der Waals surface area (Å²) in [6, 6.07) is 5.00. The van der Waals surface area contributed by atoms with Crippen LogP contribution in [0.1, 0.15) is 42.5 Å². The summed E-state index contributed by atoms with van der Waals surface area (Å²) in [5.41, 5.74) is 1.51. The van der Waals surface area contributed by atoms with Crippen LogP contribution in [-0.2, 0) is 0 Å². The number of benzene rings is 1. The second-order valence-electron chi connectivity index (χ2n) is 7.58. The third kappa shape index (κ3) is 4.10. The number of halogens is 3. The lowest BCUT2D eigenvalue weighted by molar-refractivity contribution is 0.0607. The van der Waals surface area contributed by atoms with Crippen LogP contribution in [0.4, 0.5) is 10.1 Å². The monoisotopic (exact) mass is 403 g/mol. The maximum absolute atomic E-state index is 14.4. The van der Waals surface area contributed by atoms with Crippen molar-refractivity contribution in [2.45, 2.75) is 32.1 Å². The Kier molecular flexibility index (Phi) is 7.17. The van der Waals surface area contributed by atoms with Crippen LogP contribution < -0.4 is 10.2 Å². The van der Waals surface area contributed by atoms with Gasteiger partial charge in [0.05, 0.1) is 5.69 Å². The third-order valence-corrected chi connectivity index (χ3v) is 6.08. The van der Waals surface area contributed by atoms with Crippen molar-refractivity contribution in [2.24, 2.45) is 5.41 Å². The van der Waals surface area contributed by atoms with Crippen LogP contribution in [0.5, 0.6) is 0 Å². The molecule has 0 saturated carbocycles. The first-order valence-corrected chi connectivity index (χ1v) is 9.21. The van der Waals surface area contributed by atoms with E-state index in [0.717, 1.165) is 65.0 Å². The van der Waals surface area contributed by atoms with Crippen LogP contribution in [0.2, 0.25) is 0 Å². The second kappa shape index (κ2) is 8.77. The molecule has 0 unspecified atom stereocenters. The number of likely N-dealkylation sites (tertiary alicyclic amines) is 1. The number of rotatable bonds is 2. The molecule has 3 fully saturated rings. The van der Waals surface area contributed by atoms with Gasteiger partial charge in [-0.25, -0.2) is 4.39 Å². The molecule has 0 bridgehead atoms. The van der Waals surface area contributed by atoms with Crippen molar-refractivity contribution >= 4 is 36.4 Å². The Labute approximate surface area is 167 Å². The maximum Gasteiger partial charge on any atom is 0.253 e. The van der Waals surface area contributed by atoms with Crippen molar-refractivity contribution in [3.05, 3.63) is 29.6 Å². The molecule has 1 aromatic carbocycles. The average Bonchev–Trinajstić information content (AvgIpc) is 3.27. The summed E-state index contributed by atoms with van der Waals surface area (Å²) >= 11 is 0. The van der Waals surface area contributed by atoms with Gasteiger partial charge in [0.1, 0.15) is 5.82 Å². The highest BCUT2D eigenvalue weighted by Crippen LogP contribution is 2.37. The Morgan fingerprint density at radius 3 is 2.31 bits per heavy atom. The lowest BCUT2D eigenvalue weighted by atomic mass is 9.78. The number of anilines is 1. The molecule has 26 heavy (non-hydrogen) atoms. The molecule has 1 aromatic rings. The molecule has 0 atom stereocenters. The summed E-state index contributed by atoms with van der Waals surface area (Å²) < 4.78 is 14.4. The van der Waals surface area contributed by atoms with Crippen molar-refractivity contribution in [3.63, 3.8) is 0 Å². The first-order chi connectivity index (χ1) is 11.7. The first-order valence-electron chi connectivity index (χ1n) is 9.21. The predicted molar refractivity (Wildman–Crippen MR) is 107 cm³/mol. The molecule has 7 heteroatoms. The van der Waals surface area contributed by atoms with E-state index in [1.807, 2.05) is 4.90 Å². The zero-order chi connectivity index (χ0) is 16.6. The number of carbonyl (C=O) groups excluding carboxylic acids is 1. The fraction of sp³-hybridized carbons (Fsp3) is 0.632. The van der Waals surface area contributed by atoms with Crippen LogP contribution in [0, 0.1) is 11.2 Å². The minimum atomic E-state index is -0.267. The number of nitrogens with one attached hydrogen (secondary N) is 1. The Balaban J connectivity index is 0.00000121. The number of hydrogen-bond acceptors (Lipinski definition) is 3. The van der Waals surface area contributed by atoms with E-state index in [9.17, 15) is 9.18 Å². The van der Waals surface area contributed by atoms with Gasteiger partial charge in [-0.1, -0.05) is 0 Å². The summed E-state index contributed by atoms with van der Waals surface area (Å²) in [5.74, 6) is -0.293. The standard InChI is InChI=1S/C19H26FN3O.2ClH/c20-16-13-15(3-4-17(16)22-9-1-2-10-22)18(24)23-11-6-19(7-12-23)5-8-21-14-19;;/h3-4,13,21H,1-2,5-12,14H2;2*1H. The Hall–Kier alpha value is -1.04. The van der Waals surface area contributed by atoms with Gasteiger partial charge < -0.3 is 15.1 Å². The molecule has 3 aliphatic rings. The molecule has 146 valence electrons. The van der Waals surface area contributed by atoms with E-state index in [-0.39, 0.29) is 36.5 Å². The van der Waals surface area contributed by atoms with Gasteiger partial charge in [0.25, 0.3) is 5.91 Å². The molecule has 0 aromatic heterocycles. The SMILES string of the molecule is Cl.Cl.O=C(c1ccc(N2CCCC2)c(F)c1)N1CCC2(CCNC2)CC1. The normalized spacial score (nSPS) is 21.4. The van der Waals surface area contributed by atoms with Crippen molar-refractivity contribution in [2.75, 3.05) is 44.2 Å². The average molecular weight is 404 g/mol. The molecule has 4 nitrogen and oxygen atoms in total. The van der Waals surface area contributed by atoms with E-state index < -0.39 is 0 Å². The number of nitrogens with zero attached hydrogens (tertiary/aromatic N) is 2. The van der Waals surface area contributed by atoms with Gasteiger partial charge in [-0.15, -0.1) is 24.8 Å². The number of carbonyl (C=O) groups is 1. The zero-order valence-electron chi connectivity index (χ0n) is 15.0. The molecule has 0 radical (unpaired) electrons. The van der Waals surface area contributed by atoms with E-state index in [0.29, 0.717) is 16.7 Å². The second-order valence-corrected chi connectivity index (χ2v) is 7.58. The molecule has 1 N–H and O–H groups in total. The third-order valence-electron chi connectivity index (χ3n) is 6.08. The van der Waals surface area contributed by atoms with Crippen molar-refractivity contribution in [1.82, 2.24) is 10.2 Å². The number of hydrogen-bond donors (Lipinski definition) is 1. The van der Waals surface area contributed by atoms with Gasteiger partial charge in [0.2, 0.25) is 0 Å². The molecule has 3 heterocycles. The first kappa shape index (κ1) is 21.3. The fourth-order valence-electron chi connectivity index (χ4n) is 4.44. The predicted octanol–water partition coefficient (Wildman–Crippen LogP) is 3.49. The number of amides is 1. The van der Waals surface area contributed by atoms with Crippen molar-refractivity contribution in [1.29, 1.82) is 0 Å². The molecular weight excluding hydrogens is 376 g/mol. The van der Waals surface area contributed by atoms with E-state index in [4.69, 9.17) is 0 Å². The van der Waals surface area contributed by atoms with Gasteiger partial charge in [-0.05, 0) is 62.3 Å². The van der Waals surface area contributed by atoms with Crippen LogP contribution in [0.3, 0.4) is 0 Å². The van der Waals surface area contributed by atoms with Gasteiger partial charge in [0, 0.05) is 38.3 Å². The van der Waals surface area contributed by atoms with E-state index in [1.54, 1.807) is 12.1 Å². The molecular formula is C19H28Cl2FN3O. The molecule has 3 saturated heterocycles. The van der Waals surface area contributed by atoms with Gasteiger partial charge in [0.15, 0.2) is 0 Å². The summed E-state index contributed by atoms with van der Waals surface area (Å²) in [7, 11) is 0. The Morgan fingerprint density at radius 1 is 1.04 bits per heavy atom. The number of piperidine rings is 1. The largest absolute Gasteiger partial charge is 0.369 e. The lowest BCUT2D eigenvalue weighted by Gasteiger charge is -2.39. The minimum absolute atomic E-state index is 0. The lowest BCUT2D eigenvalue weighted by Crippen LogP contribution is -2.44. The topological polar surface area (TPSA) is 35.6 Å². The Morgan fingerprint density at radius 2 is 1.73 bits per heavy atom. The van der Waals surface area contributed by atoms with Crippen LogP contribution in [-0.4, -0.2) is 50.1 Å². The van der Waals surface area contributed by atoms with Gasteiger partial charge in [-0.3, -0.25) is 4.79 Å². The quantitative estimate of drug-likeness (QED) is 0.820. The highest BCUT2D eigenvalue weighted by molar-refractivity contribution is 5.94. The van der Waals surface area contributed by atoms with Crippen LogP contribution in [0.25, 0.3) is 0 Å². The van der Waals surface area contributed by atoms with Gasteiger partial charge >= 0.3 is 0 Å². The van der Waals surface area contributed by atoms with Crippen LogP contribution >= 0.6 is 24.8 Å². The van der Waals surface area contributed by atoms with Gasteiger partial charge in [-0.2, -0.15) is 0 Å². The summed E-state index contributed by atoms with van der Waals surface area (Å²) in [6.45, 7) is 5.57. The molecule has 1 spiro atoms. The zero-order valence-corrected chi connectivity index (χ0v) is 16.6.